The molecule has 1 aliphatic carbocycles. The van der Waals surface area contributed by atoms with Crippen LogP contribution in [0.3, 0.4) is 0 Å². The van der Waals surface area contributed by atoms with E-state index in [1.807, 2.05) is 20.8 Å². The Balaban J connectivity index is 2.04. The van der Waals surface area contributed by atoms with E-state index < -0.39 is 11.7 Å². The second-order valence-electron chi connectivity index (χ2n) is 6.29. The van der Waals surface area contributed by atoms with Crippen LogP contribution < -0.4 is 0 Å². The van der Waals surface area contributed by atoms with E-state index >= 15 is 0 Å². The first kappa shape index (κ1) is 13.6. The summed E-state index contributed by atoms with van der Waals surface area (Å²) in [5.74, 6) is 0. The van der Waals surface area contributed by atoms with Crippen molar-refractivity contribution >= 4 is 6.09 Å². The zero-order chi connectivity index (χ0) is 13.4. The molecule has 0 atom stereocenters. The smallest absolute Gasteiger partial charge is 0.434 e. The molecule has 0 spiro atoms. The van der Waals surface area contributed by atoms with Gasteiger partial charge in [-0.15, -0.1) is 0 Å². The average Bonchev–Trinajstić information content (AvgIpc) is 2.28. The molecule has 0 radical (unpaired) electrons. The number of aliphatic hydroxyl groups excluding tert-OH is 1. The van der Waals surface area contributed by atoms with Crippen molar-refractivity contribution in [3.8, 4) is 0 Å². The van der Waals surface area contributed by atoms with E-state index in [2.05, 4.69) is 0 Å². The maximum absolute atomic E-state index is 12.1. The molecular weight excluding hydrogens is 234 g/mol. The Morgan fingerprint density at radius 2 is 2.06 bits per heavy atom. The Morgan fingerprint density at radius 3 is 2.56 bits per heavy atom. The molecule has 5 nitrogen and oxygen atoms in total. The Hall–Kier alpha value is -0.810. The predicted molar refractivity (Wildman–Crippen MR) is 65.8 cm³/mol. The Kier molecular flexibility index (Phi) is 3.56. The third kappa shape index (κ3) is 2.78. The lowest BCUT2D eigenvalue weighted by Crippen LogP contribution is -2.58. The first-order valence-corrected chi connectivity index (χ1v) is 6.67. The molecule has 2 aliphatic heterocycles. The van der Waals surface area contributed by atoms with Gasteiger partial charge in [0.1, 0.15) is 5.60 Å². The summed E-state index contributed by atoms with van der Waals surface area (Å²) in [4.78, 5) is 17.9. The highest BCUT2D eigenvalue weighted by molar-refractivity contribution is 5.67. The van der Waals surface area contributed by atoms with Gasteiger partial charge in [-0.1, -0.05) is 0 Å². The molecule has 3 fully saturated rings. The number of amides is 1. The lowest BCUT2D eigenvalue weighted by Gasteiger charge is -2.51. The molecule has 1 N–H and O–H groups in total. The van der Waals surface area contributed by atoms with Gasteiger partial charge in [0.2, 0.25) is 0 Å². The number of aliphatic hydroxyl groups is 1. The van der Waals surface area contributed by atoms with Crippen LogP contribution >= 0.6 is 0 Å². The summed E-state index contributed by atoms with van der Waals surface area (Å²) in [7, 11) is 0. The van der Waals surface area contributed by atoms with Crippen LogP contribution in [0.5, 0.6) is 0 Å². The highest BCUT2D eigenvalue weighted by atomic mass is 16.7. The minimum absolute atomic E-state index is 0.0901. The summed E-state index contributed by atoms with van der Waals surface area (Å²) in [6.07, 6.45) is 3.86. The number of carbonyl (C=O) groups is 1. The van der Waals surface area contributed by atoms with Crippen LogP contribution in [0.2, 0.25) is 0 Å². The fourth-order valence-corrected chi connectivity index (χ4v) is 2.73. The minimum atomic E-state index is -0.513. The third-order valence-corrected chi connectivity index (χ3v) is 3.63. The number of nitrogens with zero attached hydrogens (tertiary/aromatic N) is 1. The van der Waals surface area contributed by atoms with Crippen molar-refractivity contribution in [2.45, 2.75) is 70.1 Å². The summed E-state index contributed by atoms with van der Waals surface area (Å²) in [6, 6.07) is 0.125. The molecule has 0 aromatic heterocycles. The average molecular weight is 257 g/mol. The highest BCUT2D eigenvalue weighted by Gasteiger charge is 2.48. The Morgan fingerprint density at radius 1 is 1.44 bits per heavy atom. The zero-order valence-corrected chi connectivity index (χ0v) is 11.4. The number of rotatable bonds is 2. The van der Waals surface area contributed by atoms with E-state index in [9.17, 15) is 4.79 Å². The van der Waals surface area contributed by atoms with Crippen LogP contribution in [-0.2, 0) is 9.57 Å². The van der Waals surface area contributed by atoms with Gasteiger partial charge >= 0.3 is 6.09 Å². The first-order valence-electron chi connectivity index (χ1n) is 6.67. The van der Waals surface area contributed by atoms with Gasteiger partial charge in [0.25, 0.3) is 0 Å². The Labute approximate surface area is 108 Å². The number of hydrogen-bond donors (Lipinski definition) is 1. The van der Waals surface area contributed by atoms with E-state index in [0.29, 0.717) is 6.42 Å². The molecule has 1 amide bonds. The molecule has 5 heteroatoms. The number of ether oxygens (including phenoxy) is 1. The van der Waals surface area contributed by atoms with Crippen LogP contribution in [0.1, 0.15) is 52.9 Å². The summed E-state index contributed by atoms with van der Waals surface area (Å²) < 4.78 is 5.35. The van der Waals surface area contributed by atoms with Crippen LogP contribution in [0.15, 0.2) is 0 Å². The Bertz CT molecular complexity index is 310. The molecule has 104 valence electrons. The molecule has 2 heterocycles. The van der Waals surface area contributed by atoms with Gasteiger partial charge in [0, 0.05) is 13.0 Å². The van der Waals surface area contributed by atoms with Crippen molar-refractivity contribution in [3.05, 3.63) is 0 Å². The van der Waals surface area contributed by atoms with Crippen molar-refractivity contribution in [3.63, 3.8) is 0 Å². The van der Waals surface area contributed by atoms with Crippen LogP contribution in [0, 0.1) is 0 Å². The molecule has 2 bridgehead atoms. The van der Waals surface area contributed by atoms with Crippen LogP contribution in [-0.4, -0.2) is 40.1 Å². The molecule has 1 saturated carbocycles. The lowest BCUT2D eigenvalue weighted by atomic mass is 9.78. The second-order valence-corrected chi connectivity index (χ2v) is 6.29. The lowest BCUT2D eigenvalue weighted by molar-refractivity contribution is -0.306. The van der Waals surface area contributed by atoms with Gasteiger partial charge < -0.3 is 9.84 Å². The van der Waals surface area contributed by atoms with Gasteiger partial charge in [-0.2, -0.15) is 5.06 Å². The molecule has 0 unspecified atom stereocenters. The van der Waals surface area contributed by atoms with Crippen LogP contribution in [0.25, 0.3) is 0 Å². The largest absolute Gasteiger partial charge is 0.442 e. The summed E-state index contributed by atoms with van der Waals surface area (Å²) in [6.45, 7) is 5.62. The first-order chi connectivity index (χ1) is 8.35. The third-order valence-electron chi connectivity index (χ3n) is 3.63. The van der Waals surface area contributed by atoms with E-state index in [0.717, 1.165) is 25.7 Å². The van der Waals surface area contributed by atoms with Gasteiger partial charge in [-0.25, -0.2) is 4.79 Å². The monoisotopic (exact) mass is 257 g/mol. The predicted octanol–water partition coefficient (Wildman–Crippen LogP) is 2.23. The molecule has 18 heavy (non-hydrogen) atoms. The van der Waals surface area contributed by atoms with Gasteiger partial charge in [-0.3, -0.25) is 4.84 Å². The molecule has 0 aromatic carbocycles. The molecule has 0 aromatic rings. The van der Waals surface area contributed by atoms with E-state index in [1.54, 1.807) is 0 Å². The topological polar surface area (TPSA) is 59.0 Å². The van der Waals surface area contributed by atoms with Gasteiger partial charge in [-0.05, 0) is 46.5 Å². The number of fused-ring (bicyclic) bond motifs is 3. The molecule has 2 saturated heterocycles. The quantitative estimate of drug-likeness (QED) is 0.824. The molecular formula is C13H23NO4. The fourth-order valence-electron chi connectivity index (χ4n) is 2.73. The van der Waals surface area contributed by atoms with Crippen molar-refractivity contribution in [2.75, 3.05) is 6.61 Å². The zero-order valence-electron chi connectivity index (χ0n) is 11.4. The van der Waals surface area contributed by atoms with Crippen molar-refractivity contribution in [2.24, 2.45) is 0 Å². The van der Waals surface area contributed by atoms with Gasteiger partial charge in [0.15, 0.2) is 0 Å². The number of hydroxylamine groups is 2. The summed E-state index contributed by atoms with van der Waals surface area (Å²) >= 11 is 0. The standard InChI is InChI=1S/C13H23NO4/c1-12(2,3)17-11(16)14-10-4-6-13(18-14,7-5-10)8-9-15/h10,15H,4-9H2,1-3H3. The highest BCUT2D eigenvalue weighted by Crippen LogP contribution is 2.43. The van der Waals surface area contributed by atoms with Crippen molar-refractivity contribution in [1.82, 2.24) is 5.06 Å². The van der Waals surface area contributed by atoms with E-state index in [-0.39, 0.29) is 18.2 Å². The maximum Gasteiger partial charge on any atom is 0.434 e. The van der Waals surface area contributed by atoms with Crippen molar-refractivity contribution in [1.29, 1.82) is 0 Å². The molecule has 3 rings (SSSR count). The van der Waals surface area contributed by atoms with E-state index in [4.69, 9.17) is 14.7 Å². The van der Waals surface area contributed by atoms with E-state index in [1.165, 1.54) is 5.06 Å². The molecule has 3 aliphatic rings. The second kappa shape index (κ2) is 4.70. The van der Waals surface area contributed by atoms with Crippen LogP contribution in [0.4, 0.5) is 4.79 Å². The minimum Gasteiger partial charge on any atom is -0.442 e. The SMILES string of the molecule is CC(C)(C)OC(=O)N1OC2(CCO)CCC1CC2. The van der Waals surface area contributed by atoms with Gasteiger partial charge in [0.05, 0.1) is 11.6 Å². The summed E-state index contributed by atoms with van der Waals surface area (Å²) in [5, 5.41) is 10.5. The normalized spacial score (nSPS) is 31.6. The number of hydrogen-bond acceptors (Lipinski definition) is 4. The fraction of sp³-hybridized carbons (Fsp3) is 0.923. The van der Waals surface area contributed by atoms with Crippen molar-refractivity contribution < 1.29 is 19.5 Å². The number of carbonyl (C=O) groups excluding carboxylic acids is 1. The summed E-state index contributed by atoms with van der Waals surface area (Å²) in [5.41, 5.74) is -0.873. The maximum atomic E-state index is 12.1.